The van der Waals surface area contributed by atoms with E-state index >= 15 is 0 Å². The Hall–Kier alpha value is -2.53. The molecule has 0 saturated carbocycles. The number of halogens is 1. The van der Waals surface area contributed by atoms with Gasteiger partial charge >= 0.3 is 0 Å². The third kappa shape index (κ3) is 2.98. The number of carbonyl (C=O) groups excluding carboxylic acids is 1. The van der Waals surface area contributed by atoms with Crippen LogP contribution < -0.4 is 5.32 Å². The van der Waals surface area contributed by atoms with Gasteiger partial charge in [0.25, 0.3) is 5.91 Å². The van der Waals surface area contributed by atoms with Crippen LogP contribution in [0.25, 0.3) is 11.3 Å². The molecule has 0 spiro atoms. The predicted octanol–water partition coefficient (Wildman–Crippen LogP) is 3.52. The summed E-state index contributed by atoms with van der Waals surface area (Å²) in [5.74, 6) is 0.773. The lowest BCUT2D eigenvalue weighted by molar-refractivity contribution is 0.0939. The summed E-state index contributed by atoms with van der Waals surface area (Å²) in [4.78, 5) is 12.0. The minimum absolute atomic E-state index is 0.191. The zero-order chi connectivity index (χ0) is 14.7. The molecule has 0 radical (unpaired) electrons. The van der Waals surface area contributed by atoms with Gasteiger partial charge in [-0.3, -0.25) is 4.79 Å². The third-order valence-electron chi connectivity index (χ3n) is 2.89. The second kappa shape index (κ2) is 5.85. The Balaban J connectivity index is 1.73. The number of amides is 1. The Morgan fingerprint density at radius 3 is 2.86 bits per heavy atom. The van der Waals surface area contributed by atoms with Gasteiger partial charge in [0.15, 0.2) is 11.5 Å². The Bertz CT molecular complexity index is 750. The van der Waals surface area contributed by atoms with Crippen molar-refractivity contribution >= 4 is 17.5 Å². The molecule has 2 aromatic heterocycles. The van der Waals surface area contributed by atoms with E-state index < -0.39 is 0 Å². The molecule has 0 aliphatic rings. The molecule has 6 heteroatoms. The first-order valence-electron chi connectivity index (χ1n) is 6.26. The standard InChI is InChI=1S/C15H11ClN2O3/c16-12-6-2-1-5-11(12)14-8-13(18-21-14)15(19)17-9-10-4-3-7-20-10/h1-8H,9H2,(H,17,19). The molecule has 3 aromatic rings. The van der Waals surface area contributed by atoms with E-state index in [1.165, 1.54) is 0 Å². The largest absolute Gasteiger partial charge is 0.467 e. The minimum Gasteiger partial charge on any atom is -0.467 e. The van der Waals surface area contributed by atoms with Crippen molar-refractivity contribution in [3.8, 4) is 11.3 Å². The second-order valence-electron chi connectivity index (χ2n) is 4.32. The van der Waals surface area contributed by atoms with Gasteiger partial charge in [-0.25, -0.2) is 0 Å². The molecule has 5 nitrogen and oxygen atoms in total. The summed E-state index contributed by atoms with van der Waals surface area (Å²) in [6, 6.07) is 12.3. The van der Waals surface area contributed by atoms with E-state index in [2.05, 4.69) is 10.5 Å². The molecule has 0 atom stereocenters. The fourth-order valence-corrected chi connectivity index (χ4v) is 2.07. The molecule has 3 rings (SSSR count). The van der Waals surface area contributed by atoms with Crippen LogP contribution in [0.3, 0.4) is 0 Å². The molecule has 0 aliphatic heterocycles. The van der Waals surface area contributed by atoms with Crippen molar-refractivity contribution in [2.24, 2.45) is 0 Å². The topological polar surface area (TPSA) is 68.3 Å². The Labute approximate surface area is 125 Å². The van der Waals surface area contributed by atoms with Gasteiger partial charge in [0, 0.05) is 11.6 Å². The van der Waals surface area contributed by atoms with Gasteiger partial charge in [0.1, 0.15) is 5.76 Å². The average Bonchev–Trinajstić information content (AvgIpc) is 3.17. The summed E-state index contributed by atoms with van der Waals surface area (Å²) in [7, 11) is 0. The van der Waals surface area contributed by atoms with Gasteiger partial charge in [-0.2, -0.15) is 0 Å². The molecule has 0 unspecified atom stereocenters. The van der Waals surface area contributed by atoms with E-state index in [1.54, 1.807) is 36.6 Å². The van der Waals surface area contributed by atoms with Crippen molar-refractivity contribution in [3.63, 3.8) is 0 Å². The molecule has 106 valence electrons. The number of hydrogen-bond donors (Lipinski definition) is 1. The van der Waals surface area contributed by atoms with E-state index in [1.807, 2.05) is 12.1 Å². The first kappa shape index (κ1) is 13.5. The molecular weight excluding hydrogens is 292 g/mol. The number of furan rings is 1. The molecule has 2 heterocycles. The molecule has 1 amide bonds. The van der Waals surface area contributed by atoms with Gasteiger partial charge < -0.3 is 14.3 Å². The minimum atomic E-state index is -0.339. The van der Waals surface area contributed by atoms with Crippen LogP contribution in [-0.2, 0) is 6.54 Å². The highest BCUT2D eigenvalue weighted by atomic mass is 35.5. The number of aromatic nitrogens is 1. The Morgan fingerprint density at radius 2 is 2.10 bits per heavy atom. The quantitative estimate of drug-likeness (QED) is 0.800. The summed E-state index contributed by atoms with van der Waals surface area (Å²) in [5, 5.41) is 6.99. The summed E-state index contributed by atoms with van der Waals surface area (Å²) in [6.07, 6.45) is 1.55. The number of nitrogens with zero attached hydrogens (tertiary/aromatic N) is 1. The smallest absolute Gasteiger partial charge is 0.273 e. The summed E-state index contributed by atoms with van der Waals surface area (Å²) < 4.78 is 10.3. The van der Waals surface area contributed by atoms with Crippen molar-refractivity contribution in [2.75, 3.05) is 0 Å². The second-order valence-corrected chi connectivity index (χ2v) is 4.73. The summed E-state index contributed by atoms with van der Waals surface area (Å²) >= 11 is 6.08. The van der Waals surface area contributed by atoms with Gasteiger partial charge in [0.2, 0.25) is 0 Å². The SMILES string of the molecule is O=C(NCc1ccco1)c1cc(-c2ccccc2Cl)on1. The third-order valence-corrected chi connectivity index (χ3v) is 3.21. The van der Waals surface area contributed by atoms with Crippen LogP contribution in [0.4, 0.5) is 0 Å². The fraction of sp³-hybridized carbons (Fsp3) is 0.0667. The molecule has 21 heavy (non-hydrogen) atoms. The van der Waals surface area contributed by atoms with Crippen LogP contribution in [0.5, 0.6) is 0 Å². The number of benzene rings is 1. The van der Waals surface area contributed by atoms with Crippen LogP contribution in [0, 0.1) is 0 Å². The lowest BCUT2D eigenvalue weighted by Gasteiger charge is -1.99. The monoisotopic (exact) mass is 302 g/mol. The molecule has 0 bridgehead atoms. The maximum absolute atomic E-state index is 12.0. The van der Waals surface area contributed by atoms with Crippen LogP contribution in [-0.4, -0.2) is 11.1 Å². The number of hydrogen-bond acceptors (Lipinski definition) is 4. The Morgan fingerprint density at radius 1 is 1.24 bits per heavy atom. The maximum atomic E-state index is 12.0. The van der Waals surface area contributed by atoms with Crippen molar-refractivity contribution in [3.05, 3.63) is 65.2 Å². The normalized spacial score (nSPS) is 10.5. The zero-order valence-electron chi connectivity index (χ0n) is 10.9. The molecule has 1 aromatic carbocycles. The van der Waals surface area contributed by atoms with Gasteiger partial charge in [-0.15, -0.1) is 0 Å². The first-order valence-corrected chi connectivity index (χ1v) is 6.64. The highest BCUT2D eigenvalue weighted by molar-refractivity contribution is 6.33. The maximum Gasteiger partial charge on any atom is 0.273 e. The van der Waals surface area contributed by atoms with Crippen molar-refractivity contribution in [1.29, 1.82) is 0 Å². The van der Waals surface area contributed by atoms with E-state index in [-0.39, 0.29) is 11.6 Å². The zero-order valence-corrected chi connectivity index (χ0v) is 11.6. The molecule has 0 fully saturated rings. The summed E-state index contributed by atoms with van der Waals surface area (Å²) in [5.41, 5.74) is 0.883. The van der Waals surface area contributed by atoms with E-state index in [4.69, 9.17) is 20.5 Å². The highest BCUT2D eigenvalue weighted by Crippen LogP contribution is 2.27. The van der Waals surface area contributed by atoms with Gasteiger partial charge in [0.05, 0.1) is 17.8 Å². The van der Waals surface area contributed by atoms with Gasteiger partial charge in [-0.1, -0.05) is 28.9 Å². The van der Waals surface area contributed by atoms with Crippen molar-refractivity contribution < 1.29 is 13.7 Å². The van der Waals surface area contributed by atoms with Crippen LogP contribution >= 0.6 is 11.6 Å². The number of rotatable bonds is 4. The van der Waals surface area contributed by atoms with E-state index in [0.29, 0.717) is 28.7 Å². The Kier molecular flexibility index (Phi) is 3.75. The number of nitrogens with one attached hydrogen (secondary N) is 1. The van der Waals surface area contributed by atoms with E-state index in [0.717, 1.165) is 0 Å². The molecule has 0 aliphatic carbocycles. The summed E-state index contributed by atoms with van der Waals surface area (Å²) in [6.45, 7) is 0.292. The molecular formula is C15H11ClN2O3. The van der Waals surface area contributed by atoms with Crippen LogP contribution in [0.15, 0.2) is 57.7 Å². The van der Waals surface area contributed by atoms with Crippen molar-refractivity contribution in [2.45, 2.75) is 6.54 Å². The number of carbonyl (C=O) groups is 1. The highest BCUT2D eigenvalue weighted by Gasteiger charge is 2.15. The van der Waals surface area contributed by atoms with Gasteiger partial charge in [-0.05, 0) is 24.3 Å². The lowest BCUT2D eigenvalue weighted by atomic mass is 10.1. The average molecular weight is 303 g/mol. The predicted molar refractivity (Wildman–Crippen MR) is 76.8 cm³/mol. The molecule has 1 N–H and O–H groups in total. The van der Waals surface area contributed by atoms with Crippen LogP contribution in [0.2, 0.25) is 5.02 Å². The fourth-order valence-electron chi connectivity index (χ4n) is 1.84. The molecule has 0 saturated heterocycles. The first-order chi connectivity index (χ1) is 10.2. The van der Waals surface area contributed by atoms with Crippen LogP contribution in [0.1, 0.15) is 16.2 Å². The van der Waals surface area contributed by atoms with E-state index in [9.17, 15) is 4.79 Å². The lowest BCUT2D eigenvalue weighted by Crippen LogP contribution is -2.22. The van der Waals surface area contributed by atoms with Crippen molar-refractivity contribution in [1.82, 2.24) is 10.5 Å².